The Hall–Kier alpha value is -2.02. The number of aryl methyl sites for hydroxylation is 1. The fourth-order valence-corrected chi connectivity index (χ4v) is 3.20. The molecule has 136 valence electrons. The molecule has 0 saturated carbocycles. The predicted molar refractivity (Wildman–Crippen MR) is 103 cm³/mol. The Morgan fingerprint density at radius 3 is 2.84 bits per heavy atom. The highest BCUT2D eigenvalue weighted by molar-refractivity contribution is 7.99. The van der Waals surface area contributed by atoms with Crippen molar-refractivity contribution in [2.24, 2.45) is 0 Å². The van der Waals surface area contributed by atoms with Crippen molar-refractivity contribution in [3.63, 3.8) is 0 Å². The molecule has 1 aromatic carbocycles. The number of hydrogen-bond donors (Lipinski definition) is 2. The predicted octanol–water partition coefficient (Wildman–Crippen LogP) is 2.19. The number of carbonyl (C=O) groups is 2. The Kier molecular flexibility index (Phi) is 7.78. The molecule has 2 amide bonds. The van der Waals surface area contributed by atoms with E-state index < -0.39 is 0 Å². The molecule has 0 atom stereocenters. The minimum absolute atomic E-state index is 0.0183. The first-order valence-corrected chi connectivity index (χ1v) is 9.75. The first-order valence-electron chi connectivity index (χ1n) is 8.60. The average Bonchev–Trinajstić information content (AvgIpc) is 2.98. The fraction of sp³-hybridized carbons (Fsp3) is 0.500. The van der Waals surface area contributed by atoms with Crippen molar-refractivity contribution in [2.45, 2.75) is 39.3 Å². The minimum atomic E-state index is 0.0183. The van der Waals surface area contributed by atoms with E-state index in [0.717, 1.165) is 24.0 Å². The molecule has 1 heterocycles. The Balaban J connectivity index is 1.56. The number of nitrogens with zero attached hydrogens (tertiary/aromatic N) is 2. The van der Waals surface area contributed by atoms with Gasteiger partial charge in [0, 0.05) is 31.3 Å². The molecule has 0 fully saturated rings. The van der Waals surface area contributed by atoms with Gasteiger partial charge in [-0.25, -0.2) is 4.98 Å². The lowest BCUT2D eigenvalue weighted by atomic mass is 10.3. The molecule has 0 saturated heterocycles. The van der Waals surface area contributed by atoms with Crippen LogP contribution in [0.15, 0.2) is 30.6 Å². The number of nitrogens with one attached hydrogen (secondary N) is 2. The number of aromatic nitrogens is 2. The molecule has 6 nitrogen and oxygen atoms in total. The number of thioether (sulfide) groups is 1. The van der Waals surface area contributed by atoms with Crippen molar-refractivity contribution in [1.82, 2.24) is 20.2 Å². The summed E-state index contributed by atoms with van der Waals surface area (Å²) in [7, 11) is 0. The van der Waals surface area contributed by atoms with Crippen LogP contribution < -0.4 is 10.6 Å². The van der Waals surface area contributed by atoms with Crippen LogP contribution in [0, 0.1) is 0 Å². The smallest absolute Gasteiger partial charge is 0.229 e. The monoisotopic (exact) mass is 362 g/mol. The molecule has 0 radical (unpaired) electrons. The number of rotatable bonds is 10. The quantitative estimate of drug-likeness (QED) is 0.635. The molecule has 2 aromatic rings. The first kappa shape index (κ1) is 19.3. The maximum Gasteiger partial charge on any atom is 0.229 e. The summed E-state index contributed by atoms with van der Waals surface area (Å²) in [5.74, 6) is 1.11. The molecule has 0 aliphatic carbocycles. The molecule has 0 unspecified atom stereocenters. The fourth-order valence-electron chi connectivity index (χ4n) is 2.44. The van der Waals surface area contributed by atoms with Crippen LogP contribution in [-0.4, -0.2) is 45.5 Å². The molecule has 0 aliphatic heterocycles. The molecular formula is C18H26N4O2S. The Morgan fingerprint density at radius 2 is 2.04 bits per heavy atom. The van der Waals surface area contributed by atoms with Crippen molar-refractivity contribution in [1.29, 1.82) is 0 Å². The van der Waals surface area contributed by atoms with E-state index in [1.54, 1.807) is 0 Å². The van der Waals surface area contributed by atoms with Crippen LogP contribution in [-0.2, 0) is 16.1 Å². The van der Waals surface area contributed by atoms with Crippen molar-refractivity contribution >= 4 is 34.6 Å². The van der Waals surface area contributed by atoms with Crippen LogP contribution in [0.1, 0.15) is 26.7 Å². The molecule has 25 heavy (non-hydrogen) atoms. The van der Waals surface area contributed by atoms with Crippen LogP contribution in [0.5, 0.6) is 0 Å². The summed E-state index contributed by atoms with van der Waals surface area (Å²) in [5.41, 5.74) is 2.11. The average molecular weight is 362 g/mol. The van der Waals surface area contributed by atoms with Crippen molar-refractivity contribution in [3.8, 4) is 0 Å². The largest absolute Gasteiger partial charge is 0.355 e. The van der Waals surface area contributed by atoms with Gasteiger partial charge in [-0.15, -0.1) is 0 Å². The SMILES string of the molecule is CC(C)NC(=O)CCSCC(=O)NCCCn1cnc2ccccc21. The molecule has 1 aromatic heterocycles. The van der Waals surface area contributed by atoms with Crippen LogP contribution in [0.25, 0.3) is 11.0 Å². The van der Waals surface area contributed by atoms with Crippen LogP contribution in [0.3, 0.4) is 0 Å². The van der Waals surface area contributed by atoms with Crippen LogP contribution in [0.4, 0.5) is 0 Å². The van der Waals surface area contributed by atoms with Gasteiger partial charge in [0.05, 0.1) is 23.1 Å². The van der Waals surface area contributed by atoms with E-state index in [1.165, 1.54) is 11.8 Å². The topological polar surface area (TPSA) is 76.0 Å². The lowest BCUT2D eigenvalue weighted by Gasteiger charge is -2.08. The zero-order valence-corrected chi connectivity index (χ0v) is 15.6. The highest BCUT2D eigenvalue weighted by Crippen LogP contribution is 2.11. The summed E-state index contributed by atoms with van der Waals surface area (Å²) >= 11 is 1.49. The number of imidazole rings is 1. The van der Waals surface area contributed by atoms with E-state index in [2.05, 4.69) is 20.2 Å². The maximum absolute atomic E-state index is 11.8. The van der Waals surface area contributed by atoms with Crippen molar-refractivity contribution in [3.05, 3.63) is 30.6 Å². The molecule has 0 spiro atoms. The van der Waals surface area contributed by atoms with E-state index in [-0.39, 0.29) is 17.9 Å². The van der Waals surface area contributed by atoms with E-state index in [1.807, 2.05) is 44.4 Å². The summed E-state index contributed by atoms with van der Waals surface area (Å²) in [4.78, 5) is 27.6. The summed E-state index contributed by atoms with van der Waals surface area (Å²) in [6.07, 6.45) is 3.14. The summed E-state index contributed by atoms with van der Waals surface area (Å²) in [6.45, 7) is 5.33. The van der Waals surface area contributed by atoms with Gasteiger partial charge in [-0.3, -0.25) is 9.59 Å². The lowest BCUT2D eigenvalue weighted by Crippen LogP contribution is -2.30. The Morgan fingerprint density at radius 1 is 1.24 bits per heavy atom. The lowest BCUT2D eigenvalue weighted by molar-refractivity contribution is -0.121. The summed E-state index contributed by atoms with van der Waals surface area (Å²) in [6, 6.07) is 8.18. The number of fused-ring (bicyclic) bond motifs is 1. The normalized spacial score (nSPS) is 11.0. The van der Waals surface area contributed by atoms with Gasteiger partial charge in [0.25, 0.3) is 0 Å². The Labute approximate surface area is 152 Å². The van der Waals surface area contributed by atoms with Gasteiger partial charge in [-0.1, -0.05) is 12.1 Å². The highest BCUT2D eigenvalue weighted by Gasteiger charge is 2.06. The number of hydrogen-bond acceptors (Lipinski definition) is 4. The van der Waals surface area contributed by atoms with Crippen molar-refractivity contribution in [2.75, 3.05) is 18.1 Å². The third-order valence-electron chi connectivity index (χ3n) is 3.58. The number of benzene rings is 1. The van der Waals surface area contributed by atoms with Gasteiger partial charge in [0.2, 0.25) is 11.8 Å². The third kappa shape index (κ3) is 6.78. The second kappa shape index (κ2) is 10.1. The molecule has 2 rings (SSSR count). The zero-order chi connectivity index (χ0) is 18.1. The van der Waals surface area contributed by atoms with Crippen molar-refractivity contribution < 1.29 is 9.59 Å². The number of amides is 2. The molecule has 7 heteroatoms. The van der Waals surface area contributed by atoms with E-state index in [4.69, 9.17) is 0 Å². The zero-order valence-electron chi connectivity index (χ0n) is 14.8. The highest BCUT2D eigenvalue weighted by atomic mass is 32.2. The molecule has 2 N–H and O–H groups in total. The van der Waals surface area contributed by atoms with E-state index >= 15 is 0 Å². The number of carbonyl (C=O) groups excluding carboxylic acids is 2. The van der Waals surface area contributed by atoms with Gasteiger partial charge >= 0.3 is 0 Å². The second-order valence-corrected chi connectivity index (χ2v) is 7.26. The molecule has 0 bridgehead atoms. The van der Waals surface area contributed by atoms with Gasteiger partial charge in [0.1, 0.15) is 0 Å². The van der Waals surface area contributed by atoms with Gasteiger partial charge < -0.3 is 15.2 Å². The minimum Gasteiger partial charge on any atom is -0.355 e. The van der Waals surface area contributed by atoms with Gasteiger partial charge in [0.15, 0.2) is 0 Å². The standard InChI is InChI=1S/C18H26N4O2S/c1-14(2)21-17(23)8-11-25-12-18(24)19-9-5-10-22-13-20-15-6-3-4-7-16(15)22/h3-4,6-7,13-14H,5,8-12H2,1-2H3,(H,19,24)(H,21,23). The van der Waals surface area contributed by atoms with E-state index in [0.29, 0.717) is 24.5 Å². The first-order chi connectivity index (χ1) is 12.1. The molecule has 0 aliphatic rings. The van der Waals surface area contributed by atoms with Crippen LogP contribution in [0.2, 0.25) is 0 Å². The Bertz CT molecular complexity index is 699. The number of para-hydroxylation sites is 2. The maximum atomic E-state index is 11.8. The molecular weight excluding hydrogens is 336 g/mol. The van der Waals surface area contributed by atoms with Gasteiger partial charge in [-0.05, 0) is 32.4 Å². The van der Waals surface area contributed by atoms with Crippen LogP contribution >= 0.6 is 11.8 Å². The van der Waals surface area contributed by atoms with E-state index in [9.17, 15) is 9.59 Å². The summed E-state index contributed by atoms with van der Waals surface area (Å²) < 4.78 is 2.10. The van der Waals surface area contributed by atoms with Gasteiger partial charge in [-0.2, -0.15) is 11.8 Å². The second-order valence-electron chi connectivity index (χ2n) is 6.15. The summed E-state index contributed by atoms with van der Waals surface area (Å²) in [5, 5.41) is 5.76. The third-order valence-corrected chi connectivity index (χ3v) is 4.54.